The minimum Gasteiger partial charge on any atom is -0.396 e. The zero-order valence-corrected chi connectivity index (χ0v) is 9.36. The maximum absolute atomic E-state index is 13.2. The number of benzene rings is 1. The number of halogens is 1. The van der Waals surface area contributed by atoms with Gasteiger partial charge in [-0.25, -0.2) is 4.39 Å². The van der Waals surface area contributed by atoms with E-state index in [1.165, 1.54) is 6.07 Å². The fraction of sp³-hybridized carbons (Fsp3) is 0.417. The van der Waals surface area contributed by atoms with Crippen LogP contribution in [0.3, 0.4) is 0 Å². The fourth-order valence-electron chi connectivity index (χ4n) is 2.10. The standard InChI is InChI=1S/C12H14FN3O/c13-10-4-8(6-14)12(5-11(10)15)16-3-1-2-9(17)7-16/h4-5,9,17H,1-3,7,15H2. The molecule has 90 valence electrons. The molecule has 1 heterocycles. The number of aliphatic hydroxyl groups excluding tert-OH is 1. The maximum atomic E-state index is 13.2. The third-order valence-corrected chi connectivity index (χ3v) is 2.97. The highest BCUT2D eigenvalue weighted by atomic mass is 19.1. The average Bonchev–Trinajstić information content (AvgIpc) is 2.32. The smallest absolute Gasteiger partial charge is 0.147 e. The molecule has 0 bridgehead atoms. The first-order chi connectivity index (χ1) is 8.11. The van der Waals surface area contributed by atoms with Crippen molar-refractivity contribution in [3.05, 3.63) is 23.5 Å². The van der Waals surface area contributed by atoms with Gasteiger partial charge in [-0.15, -0.1) is 0 Å². The summed E-state index contributed by atoms with van der Waals surface area (Å²) in [5, 5.41) is 18.6. The predicted molar refractivity (Wildman–Crippen MR) is 63.0 cm³/mol. The Kier molecular flexibility index (Phi) is 3.16. The fourth-order valence-corrected chi connectivity index (χ4v) is 2.10. The lowest BCUT2D eigenvalue weighted by Gasteiger charge is -2.32. The van der Waals surface area contributed by atoms with E-state index in [9.17, 15) is 9.50 Å². The molecule has 1 unspecified atom stereocenters. The minimum atomic E-state index is -0.581. The molecule has 17 heavy (non-hydrogen) atoms. The van der Waals surface area contributed by atoms with Crippen molar-refractivity contribution < 1.29 is 9.50 Å². The number of piperidine rings is 1. The summed E-state index contributed by atoms with van der Waals surface area (Å²) in [7, 11) is 0. The Bertz CT molecular complexity index is 470. The number of β-amino-alcohol motifs (C(OH)–C–C–N with tert-alkyl or cyclic N) is 1. The van der Waals surface area contributed by atoms with Gasteiger partial charge in [0.05, 0.1) is 23.0 Å². The van der Waals surface area contributed by atoms with Crippen LogP contribution in [0, 0.1) is 17.1 Å². The van der Waals surface area contributed by atoms with E-state index >= 15 is 0 Å². The van der Waals surface area contributed by atoms with Gasteiger partial charge in [0.1, 0.15) is 11.9 Å². The first kappa shape index (κ1) is 11.7. The average molecular weight is 235 g/mol. The van der Waals surface area contributed by atoms with Crippen LogP contribution in [0.25, 0.3) is 0 Å². The van der Waals surface area contributed by atoms with Crippen molar-refractivity contribution in [2.45, 2.75) is 18.9 Å². The number of anilines is 2. The second kappa shape index (κ2) is 4.60. The van der Waals surface area contributed by atoms with Crippen LogP contribution in [0.2, 0.25) is 0 Å². The Balaban J connectivity index is 2.37. The van der Waals surface area contributed by atoms with Gasteiger partial charge >= 0.3 is 0 Å². The van der Waals surface area contributed by atoms with E-state index in [2.05, 4.69) is 0 Å². The van der Waals surface area contributed by atoms with Crippen molar-refractivity contribution in [1.29, 1.82) is 5.26 Å². The number of aliphatic hydroxyl groups is 1. The van der Waals surface area contributed by atoms with Gasteiger partial charge in [0.2, 0.25) is 0 Å². The van der Waals surface area contributed by atoms with Gasteiger partial charge in [-0.1, -0.05) is 0 Å². The molecule has 0 amide bonds. The molecule has 1 saturated heterocycles. The Morgan fingerprint density at radius 2 is 2.29 bits per heavy atom. The van der Waals surface area contributed by atoms with E-state index in [0.29, 0.717) is 12.2 Å². The van der Waals surface area contributed by atoms with E-state index in [0.717, 1.165) is 25.5 Å². The van der Waals surface area contributed by atoms with Crippen molar-refractivity contribution >= 4 is 11.4 Å². The molecule has 0 aliphatic carbocycles. The largest absolute Gasteiger partial charge is 0.396 e. The zero-order valence-electron chi connectivity index (χ0n) is 9.36. The summed E-state index contributed by atoms with van der Waals surface area (Å²) in [6.45, 7) is 1.20. The van der Waals surface area contributed by atoms with Crippen LogP contribution in [0.5, 0.6) is 0 Å². The van der Waals surface area contributed by atoms with E-state index < -0.39 is 11.9 Å². The molecule has 2 rings (SSSR count). The number of nitrogen functional groups attached to an aromatic ring is 1. The molecule has 4 nitrogen and oxygen atoms in total. The molecule has 1 atom stereocenters. The van der Waals surface area contributed by atoms with Crippen molar-refractivity contribution in [2.75, 3.05) is 23.7 Å². The first-order valence-corrected chi connectivity index (χ1v) is 5.54. The predicted octanol–water partition coefficient (Wildman–Crippen LogP) is 1.24. The highest BCUT2D eigenvalue weighted by molar-refractivity contribution is 5.66. The van der Waals surface area contributed by atoms with E-state index in [1.807, 2.05) is 11.0 Å². The van der Waals surface area contributed by atoms with Gasteiger partial charge in [-0.05, 0) is 25.0 Å². The van der Waals surface area contributed by atoms with Crippen LogP contribution in [-0.2, 0) is 0 Å². The number of hydrogen-bond donors (Lipinski definition) is 2. The van der Waals surface area contributed by atoms with Gasteiger partial charge in [0, 0.05) is 13.1 Å². The lowest BCUT2D eigenvalue weighted by Crippen LogP contribution is -2.38. The summed E-state index contributed by atoms with van der Waals surface area (Å²) in [5.41, 5.74) is 6.40. The lowest BCUT2D eigenvalue weighted by molar-refractivity contribution is 0.154. The molecule has 5 heteroatoms. The van der Waals surface area contributed by atoms with Crippen LogP contribution < -0.4 is 10.6 Å². The number of nitrogens with two attached hydrogens (primary N) is 1. The highest BCUT2D eigenvalue weighted by Gasteiger charge is 2.21. The highest BCUT2D eigenvalue weighted by Crippen LogP contribution is 2.28. The molecule has 3 N–H and O–H groups in total. The van der Waals surface area contributed by atoms with E-state index in [-0.39, 0.29) is 11.3 Å². The Hall–Kier alpha value is -1.80. The van der Waals surface area contributed by atoms with E-state index in [1.54, 1.807) is 0 Å². The van der Waals surface area contributed by atoms with Crippen LogP contribution in [-0.4, -0.2) is 24.3 Å². The van der Waals surface area contributed by atoms with Crippen LogP contribution in [0.15, 0.2) is 12.1 Å². The molecule has 1 aliphatic rings. The topological polar surface area (TPSA) is 73.3 Å². The summed E-state index contributed by atoms with van der Waals surface area (Å²) in [6.07, 6.45) is 1.21. The second-order valence-corrected chi connectivity index (χ2v) is 4.24. The number of nitriles is 1. The van der Waals surface area contributed by atoms with E-state index in [4.69, 9.17) is 11.0 Å². The number of hydrogen-bond acceptors (Lipinski definition) is 4. The first-order valence-electron chi connectivity index (χ1n) is 5.54. The third-order valence-electron chi connectivity index (χ3n) is 2.97. The second-order valence-electron chi connectivity index (χ2n) is 4.24. The summed E-state index contributed by atoms with van der Waals surface area (Å²) >= 11 is 0. The van der Waals surface area contributed by atoms with Crippen LogP contribution in [0.4, 0.5) is 15.8 Å². The van der Waals surface area contributed by atoms with Gasteiger partial charge in [0.25, 0.3) is 0 Å². The monoisotopic (exact) mass is 235 g/mol. The van der Waals surface area contributed by atoms with Gasteiger partial charge < -0.3 is 15.7 Å². The summed E-state index contributed by atoms with van der Waals surface area (Å²) in [6, 6.07) is 4.57. The Morgan fingerprint density at radius 3 is 2.94 bits per heavy atom. The lowest BCUT2D eigenvalue weighted by atomic mass is 10.1. The van der Waals surface area contributed by atoms with Gasteiger partial charge in [-0.2, -0.15) is 5.26 Å². The normalized spacial score (nSPS) is 20.1. The maximum Gasteiger partial charge on any atom is 0.147 e. The summed E-state index contributed by atoms with van der Waals surface area (Å²) < 4.78 is 13.2. The molecular formula is C12H14FN3O. The quantitative estimate of drug-likeness (QED) is 0.718. The third kappa shape index (κ3) is 2.32. The number of rotatable bonds is 1. The molecule has 1 aliphatic heterocycles. The van der Waals surface area contributed by atoms with Gasteiger partial charge in [0.15, 0.2) is 0 Å². The van der Waals surface area contributed by atoms with Crippen molar-refractivity contribution in [1.82, 2.24) is 0 Å². The van der Waals surface area contributed by atoms with Gasteiger partial charge in [-0.3, -0.25) is 0 Å². The van der Waals surface area contributed by atoms with Crippen molar-refractivity contribution in [3.63, 3.8) is 0 Å². The molecule has 1 aromatic carbocycles. The van der Waals surface area contributed by atoms with Crippen LogP contribution in [0.1, 0.15) is 18.4 Å². The molecular weight excluding hydrogens is 221 g/mol. The van der Waals surface area contributed by atoms with Crippen molar-refractivity contribution in [2.24, 2.45) is 0 Å². The summed E-state index contributed by atoms with van der Waals surface area (Å²) in [4.78, 5) is 1.88. The molecule has 0 spiro atoms. The molecule has 1 aromatic rings. The minimum absolute atomic E-state index is 0.0269. The van der Waals surface area contributed by atoms with Crippen LogP contribution >= 0.6 is 0 Å². The molecule has 1 fully saturated rings. The number of nitrogens with zero attached hydrogens (tertiary/aromatic N) is 2. The van der Waals surface area contributed by atoms with Crippen molar-refractivity contribution in [3.8, 4) is 6.07 Å². The Labute approximate surface area is 99.1 Å². The molecule has 0 saturated carbocycles. The Morgan fingerprint density at radius 1 is 1.53 bits per heavy atom. The zero-order chi connectivity index (χ0) is 12.4. The molecule has 0 radical (unpaired) electrons. The SMILES string of the molecule is N#Cc1cc(F)c(N)cc1N1CCCC(O)C1. The summed E-state index contributed by atoms with van der Waals surface area (Å²) in [5.74, 6) is -0.581. The molecule has 0 aromatic heterocycles.